The third-order valence-corrected chi connectivity index (χ3v) is 53.4. The number of nitrogens with one attached hydrogen (secondary N) is 1. The number of carbonyl (C=O) groups is 8. The number of allylic oxidation sites excluding steroid dienone is 10. The van der Waals surface area contributed by atoms with E-state index in [4.69, 9.17) is 11.3 Å². The Balaban J connectivity index is 0.000000125. The molecule has 0 amide bonds. The van der Waals surface area contributed by atoms with Crippen molar-refractivity contribution in [3.63, 3.8) is 0 Å². The molecule has 8 N–H and O–H groups in total. The van der Waals surface area contributed by atoms with E-state index in [1.165, 1.54) is 46.9 Å². The van der Waals surface area contributed by atoms with E-state index in [1.54, 1.807) is 18.2 Å². The number of ketones is 2. The van der Waals surface area contributed by atoms with Crippen molar-refractivity contribution in [1.29, 1.82) is 0 Å². The molecule has 33 atom stereocenters. The zero-order valence-corrected chi connectivity index (χ0v) is 96.3. The van der Waals surface area contributed by atoms with E-state index < -0.39 is 80.5 Å². The van der Waals surface area contributed by atoms with Gasteiger partial charge in [0.05, 0.1) is 57.8 Å². The van der Waals surface area contributed by atoms with Gasteiger partial charge in [0.25, 0.3) is 0 Å². The molecule has 0 aliphatic heterocycles. The second-order valence-corrected chi connectivity index (χ2v) is 62.0. The van der Waals surface area contributed by atoms with Gasteiger partial charge in [0.2, 0.25) is 5.70 Å². The molecule has 1 unspecified atom stereocenters. The van der Waals surface area contributed by atoms with Crippen molar-refractivity contribution in [3.8, 4) is 0 Å². The van der Waals surface area contributed by atoms with E-state index in [1.807, 2.05) is 26.0 Å². The van der Waals surface area contributed by atoms with E-state index in [2.05, 4.69) is 219 Å². The van der Waals surface area contributed by atoms with Crippen LogP contribution < -0.4 is 0 Å². The third kappa shape index (κ3) is 14.9. The van der Waals surface area contributed by atoms with Crippen molar-refractivity contribution >= 4 is 47.4 Å². The number of carboxylic acids is 5. The van der Waals surface area contributed by atoms with Crippen molar-refractivity contribution in [1.82, 2.24) is 10.2 Å². The first kappa shape index (κ1) is 110. The van der Waals surface area contributed by atoms with E-state index in [0.29, 0.717) is 73.0 Å². The lowest BCUT2D eigenvalue weighted by Gasteiger charge is -2.71. The zero-order valence-electron chi connectivity index (χ0n) is 96.3. The Bertz CT molecular complexity index is 6060. The highest BCUT2D eigenvalue weighted by atomic mass is 16.5. The van der Waals surface area contributed by atoms with Crippen molar-refractivity contribution in [2.45, 2.75) is 436 Å². The summed E-state index contributed by atoms with van der Waals surface area (Å²) in [5, 5.41) is 81.6. The Kier molecular flexibility index (Phi) is 25.7. The predicted molar refractivity (Wildman–Crippen MR) is 580 cm³/mol. The van der Waals surface area contributed by atoms with Crippen LogP contribution in [0.2, 0.25) is 0 Å². The first-order chi connectivity index (χ1) is 68.8. The Morgan fingerprint density at radius 3 is 1.41 bits per heavy atom. The highest BCUT2D eigenvalue weighted by Gasteiger charge is 2.78. The molecule has 20 aliphatic rings. The number of aliphatic hydroxyl groups is 2. The molecule has 19 heteroatoms. The topological polar surface area (TPSA) is 320 Å². The van der Waals surface area contributed by atoms with E-state index >= 15 is 0 Å². The lowest BCUT2D eigenvalue weighted by atomic mass is 9.33. The third-order valence-electron chi connectivity index (χ3n) is 53.4. The number of ether oxygens (including phenoxy) is 1. The number of aromatic carboxylic acids is 1. The minimum Gasteiger partial charge on any atom is -0.481 e. The first-order valence-corrected chi connectivity index (χ1v) is 58.7. The summed E-state index contributed by atoms with van der Waals surface area (Å²) < 4.78 is 6.19. The fourth-order valence-electron chi connectivity index (χ4n) is 43.8. The number of benzene rings is 1. The minimum atomic E-state index is -1.13. The molecule has 2 aromatic rings. The molecule has 14 saturated carbocycles. The lowest BCUT2D eigenvalue weighted by molar-refractivity contribution is -0.232. The van der Waals surface area contributed by atoms with Gasteiger partial charge >= 0.3 is 35.8 Å². The number of fused-ring (bicyclic) bond motifs is 29. The van der Waals surface area contributed by atoms with Crippen LogP contribution in [0.4, 0.5) is 0 Å². The molecule has 20 aliphatic carbocycles. The van der Waals surface area contributed by atoms with Gasteiger partial charge in [-0.2, -0.15) is 5.10 Å². The van der Waals surface area contributed by atoms with Crippen molar-refractivity contribution in [2.24, 2.45) is 202 Å². The number of aliphatic hydroxyl groups excluding tert-OH is 2. The molecule has 149 heavy (non-hydrogen) atoms. The van der Waals surface area contributed by atoms with Crippen LogP contribution >= 0.6 is 0 Å². The summed E-state index contributed by atoms with van der Waals surface area (Å²) in [7, 11) is 0. The number of esters is 1. The number of H-pyrrole nitrogens is 1. The number of aliphatic carboxylic acids is 4. The summed E-state index contributed by atoms with van der Waals surface area (Å²) in [6.07, 6.45) is 43.1. The maximum absolute atomic E-state index is 14.2. The monoisotopic (exact) mass is 2050 g/mol. The molecule has 0 radical (unpaired) electrons. The van der Waals surface area contributed by atoms with Crippen molar-refractivity contribution in [2.75, 3.05) is 0 Å². The van der Waals surface area contributed by atoms with E-state index in [0.717, 1.165) is 185 Å². The molecular weight excluding hydrogens is 1860 g/mol. The summed E-state index contributed by atoms with van der Waals surface area (Å²) in [6, 6.07) is 6.30. The van der Waals surface area contributed by atoms with Crippen LogP contribution in [0.3, 0.4) is 0 Å². The molecule has 22 rings (SSSR count). The van der Waals surface area contributed by atoms with Crippen molar-refractivity contribution < 1.29 is 78.8 Å². The van der Waals surface area contributed by atoms with Gasteiger partial charge in [-0.3, -0.25) is 29.1 Å². The van der Waals surface area contributed by atoms with E-state index in [9.17, 15) is 74.1 Å². The van der Waals surface area contributed by atoms with Crippen LogP contribution in [0.5, 0.6) is 0 Å². The fourth-order valence-corrected chi connectivity index (χ4v) is 43.8. The normalized spacial score (nSPS) is 47.6. The second-order valence-electron chi connectivity index (χ2n) is 62.0. The molecular formula is C130H187N3O16. The number of aromatic amines is 1. The molecule has 19 nitrogen and oxygen atoms in total. The number of aromatic nitrogens is 2. The van der Waals surface area contributed by atoms with Gasteiger partial charge in [-0.25, -0.2) is 14.4 Å². The second kappa shape index (κ2) is 34.8. The highest BCUT2D eigenvalue weighted by Crippen LogP contribution is 2.83. The van der Waals surface area contributed by atoms with Gasteiger partial charge in [-0.15, -0.1) is 0 Å². The Hall–Kier alpha value is -7.30. The van der Waals surface area contributed by atoms with Gasteiger partial charge in [0.15, 0.2) is 11.6 Å². The quantitative estimate of drug-likeness (QED) is 0.0725. The van der Waals surface area contributed by atoms with Crippen LogP contribution in [0.25, 0.3) is 4.85 Å². The molecule has 0 spiro atoms. The van der Waals surface area contributed by atoms with Gasteiger partial charge in [0, 0.05) is 33.3 Å². The number of hydrogen-bond donors (Lipinski definition) is 8. The Morgan fingerprint density at radius 2 is 0.886 bits per heavy atom. The summed E-state index contributed by atoms with van der Waals surface area (Å²) in [4.78, 5) is 107. The van der Waals surface area contributed by atoms with Crippen LogP contribution in [0.15, 0.2) is 88.8 Å². The van der Waals surface area contributed by atoms with Gasteiger partial charge in [0.1, 0.15) is 6.10 Å². The van der Waals surface area contributed by atoms with Crippen molar-refractivity contribution in [3.05, 3.63) is 123 Å². The Labute approximate surface area is 891 Å². The van der Waals surface area contributed by atoms with Crippen LogP contribution in [-0.4, -0.2) is 112 Å². The van der Waals surface area contributed by atoms with E-state index in [-0.39, 0.29) is 162 Å². The number of hydrogen-bond acceptors (Lipinski definition) is 12. The average Bonchev–Trinajstić information content (AvgIpc) is 1.54. The summed E-state index contributed by atoms with van der Waals surface area (Å²) in [6.45, 7) is 72.9. The Morgan fingerprint density at radius 1 is 0.430 bits per heavy atom. The SMILES string of the molecule is CC1(C)CC[C@]2(C(=O)O)CC[C@]3(C)C(=CC[C@@H]4[C@@]5(C)CC[C@H](OC(=O)c6ccccc6C(=O)O)C(C)(C)[C@@H]5CC[C@]43C)[C@@H]2C1.CC1(C)CC[C@]2(C(=O)O)CC[C@]3(C)C(=CC[C@@H]4[C@@]5(C)Cc6cn[nH]c6C(C)(C)[C@@H]5CC[C@]43C)[C@@H]2C1.C[C@H]1[C@H](C)CC[C@]2(C(=O)O)CC[C@]3(C)C(=CC[C@@H]4[C@@]5(C)C[C@@H](O)[C@H](O)C(C)(C)[C@@H]5CC[C@]43C)[C@H]12.[C-]#[N+]C1=C[C@]2(C)C3=CC(=O)C4[C@@H]5CC(C)(C)CC[C@]5(C(=O)O)CC[C@@]4(C)[C@]3(C)CC[C@H]2C(C)(C)C1=O. The molecule has 1 heterocycles. The number of Topliss-reactive ketones (excluding diaryl/α,β-unsaturated/α-hetero) is 1. The summed E-state index contributed by atoms with van der Waals surface area (Å²) >= 11 is 0. The predicted octanol–water partition coefficient (Wildman–Crippen LogP) is 28.8. The standard InChI is InChI=1S/C38H52O6.C31H46N2O2.C31H41NO4.C30H48O4/c1-33(2)18-20-38(32(42)43)21-19-36(6)25(26(38)22-33)12-13-28-35(5)16-15-29(34(3,4)27(35)14-17-37(28,36)7)44-31(41)24-11-9-8-10-23(24)30(39)40;1-26(2)12-14-31(25(34)35)15-13-29(6)20(21(31)17-26)8-9-23-28(5)16-19-18-32-33-24(19)27(3,4)22(28)10-11-30(23,29)7;1-26(2)11-13-31(25(35)36)14-12-30(7)23(18(31)16-26)20(33)15-22-28(5)17-19(32-8)24(34)27(3,4)21(28)9-10-29(22,30)6;1-17-10-13-30(25(33)34)15-14-28(6)19(23(30)18(17)2)8-9-22-27(5)16-20(31)24(32)26(3,4)21(27)11-12-29(22,28)7/h8-12,26-29H,13-22H2,1-7H3,(H,39,40)(H,42,43);8,18,21-23H,9-17H2,1-7H3,(H,32,33)(H,34,35);15,17-18,21,23H,9-14,16H2,1-7H3,(H,35,36);8,17-18,20-24,31-32H,9-16H2,1-7H3,(H,33,34)/t26-,27-,28+,29-,35-,36+,37+,38-;21-,22-,23+,28-,29+,30+,31-;18-,21-,23?,28-,29+,30+,31-;17-,18+,20-,21+,22-,23+,24+,27+,28-,29-,30+/m0001/s1. The minimum absolute atomic E-state index is 0.00993. The first-order valence-electron chi connectivity index (χ1n) is 58.7. The zero-order chi connectivity index (χ0) is 109. The van der Waals surface area contributed by atoms with Crippen LogP contribution in [-0.2, 0) is 45.3 Å². The van der Waals surface area contributed by atoms with Gasteiger partial charge in [-0.05, 0) is 400 Å². The maximum Gasteiger partial charge on any atom is 0.339 e. The van der Waals surface area contributed by atoms with Crippen LogP contribution in [0.1, 0.15) is 438 Å². The number of carboxylic acid groups (broad SMARTS) is 5. The molecule has 818 valence electrons. The van der Waals surface area contributed by atoms with Gasteiger partial charge in [-0.1, -0.05) is 253 Å². The number of carbonyl (C=O) groups excluding carboxylic acids is 3. The number of rotatable bonds is 7. The summed E-state index contributed by atoms with van der Waals surface area (Å²) in [5.74, 6) is -0.405. The smallest absolute Gasteiger partial charge is 0.339 e. The largest absolute Gasteiger partial charge is 0.481 e. The van der Waals surface area contributed by atoms with Crippen LogP contribution in [0, 0.1) is 209 Å². The molecule has 14 fully saturated rings. The molecule has 0 saturated heterocycles. The maximum atomic E-state index is 14.2. The molecule has 1 aromatic carbocycles. The fraction of sp³-hybridized carbons (Fsp3) is 0.785. The van der Waals surface area contributed by atoms with Gasteiger partial charge < -0.3 is 45.3 Å². The molecule has 0 bridgehead atoms. The lowest BCUT2D eigenvalue weighted by Crippen LogP contribution is -2.67. The highest BCUT2D eigenvalue weighted by molar-refractivity contribution is 6.04. The summed E-state index contributed by atoms with van der Waals surface area (Å²) in [5.41, 5.74) is 4.55. The average molecular weight is 2050 g/mol. The molecule has 1 aromatic heterocycles. The number of nitrogens with zero attached hydrogens (tertiary/aromatic N) is 2.